The Bertz CT molecular complexity index is 651. The maximum atomic E-state index is 4.07. The smallest absolute Gasteiger partial charge is 0.116 e. The molecule has 0 amide bonds. The molecule has 4 rings (SSSR count). The molecule has 0 bridgehead atoms. The average Bonchev–Trinajstić information content (AvgIpc) is 2.56. The Kier molecular flexibility index (Phi) is 15.3. The van der Waals surface area contributed by atoms with Crippen molar-refractivity contribution in [2.45, 2.75) is 0 Å². The molecule has 0 fully saturated rings. The zero-order chi connectivity index (χ0) is 13.6. The fourth-order valence-electron chi connectivity index (χ4n) is 1.85. The van der Waals surface area contributed by atoms with E-state index in [0.717, 1.165) is 21.8 Å². The van der Waals surface area contributed by atoms with Crippen LogP contribution in [-0.4, -0.2) is 36.4 Å². The summed E-state index contributed by atoms with van der Waals surface area (Å²) in [5.74, 6) is 0. The molecule has 0 unspecified atom stereocenters. The van der Waals surface area contributed by atoms with E-state index in [1.165, 1.54) is 0 Å². The van der Waals surface area contributed by atoms with E-state index in [4.69, 9.17) is 0 Å². The second-order valence-electron chi connectivity index (χ2n) is 4.16. The van der Waals surface area contributed by atoms with E-state index in [1.54, 1.807) is 12.7 Å². The van der Waals surface area contributed by atoms with Gasteiger partial charge >= 0.3 is 0 Å². The Morgan fingerprint density at radius 2 is 0.880 bits per heavy atom. The first kappa shape index (κ1) is 27.4. The topological polar surface area (TPSA) is 146 Å². The molecule has 7 nitrogen and oxygen atoms in total. The minimum Gasteiger partial charge on any atom is -0.412 e. The number of hydrogen-bond donors (Lipinski definition) is 0. The van der Waals surface area contributed by atoms with Gasteiger partial charge in [-0.1, -0.05) is 36.4 Å². The highest BCUT2D eigenvalue weighted by Gasteiger charge is 1.88. The van der Waals surface area contributed by atoms with E-state index in [1.807, 2.05) is 60.9 Å². The minimum atomic E-state index is 0. The number of aromatic nitrogens is 4. The van der Waals surface area contributed by atoms with Gasteiger partial charge in [0, 0.05) is 23.2 Å². The maximum absolute atomic E-state index is 4.07. The third-order valence-corrected chi connectivity index (χ3v) is 2.83. The summed E-state index contributed by atoms with van der Waals surface area (Å²) < 4.78 is 0. The number of benzene rings is 2. The van der Waals surface area contributed by atoms with Crippen LogP contribution in [-0.2, 0) is 0 Å². The zero-order valence-corrected chi connectivity index (χ0v) is 14.7. The van der Waals surface area contributed by atoms with Crippen molar-refractivity contribution in [1.29, 1.82) is 0 Å². The van der Waals surface area contributed by atoms with Crippen molar-refractivity contribution in [2.75, 3.05) is 0 Å². The molecular formula is C16H20Cl2N4O3. The third-order valence-electron chi connectivity index (χ3n) is 2.83. The van der Waals surface area contributed by atoms with Crippen molar-refractivity contribution < 1.29 is 16.4 Å². The van der Waals surface area contributed by atoms with Crippen molar-refractivity contribution in [3.63, 3.8) is 0 Å². The molecule has 136 valence electrons. The van der Waals surface area contributed by atoms with Gasteiger partial charge in [-0.25, -0.2) is 19.9 Å². The van der Waals surface area contributed by atoms with Crippen LogP contribution in [0.5, 0.6) is 0 Å². The van der Waals surface area contributed by atoms with Crippen molar-refractivity contribution in [2.24, 2.45) is 0 Å². The van der Waals surface area contributed by atoms with Crippen LogP contribution in [0.25, 0.3) is 21.8 Å². The largest absolute Gasteiger partial charge is 0.412 e. The van der Waals surface area contributed by atoms with Crippen LogP contribution in [0, 0.1) is 0 Å². The predicted molar refractivity (Wildman–Crippen MR) is 104 cm³/mol. The van der Waals surface area contributed by atoms with Crippen LogP contribution in [0.1, 0.15) is 0 Å². The summed E-state index contributed by atoms with van der Waals surface area (Å²) >= 11 is 0. The molecule has 2 aromatic carbocycles. The lowest BCUT2D eigenvalue weighted by atomic mass is 10.2. The predicted octanol–water partition coefficient (Wildman–Crippen LogP) is 1.63. The SMILES string of the molecule is Cl.Cl.O.O.O.c1ccc2ncncc2c1.c1ccc2ncncc2c1. The van der Waals surface area contributed by atoms with E-state index in [0.29, 0.717) is 0 Å². The molecule has 6 N–H and O–H groups in total. The number of para-hydroxylation sites is 2. The minimum absolute atomic E-state index is 0. The first-order valence-corrected chi connectivity index (χ1v) is 6.23. The number of nitrogens with zero attached hydrogens (tertiary/aromatic N) is 4. The second-order valence-corrected chi connectivity index (χ2v) is 4.16. The lowest BCUT2D eigenvalue weighted by Crippen LogP contribution is -1.77. The average molecular weight is 387 g/mol. The lowest BCUT2D eigenvalue weighted by Gasteiger charge is -1.90. The van der Waals surface area contributed by atoms with Crippen molar-refractivity contribution >= 4 is 46.6 Å². The number of fused-ring (bicyclic) bond motifs is 2. The van der Waals surface area contributed by atoms with Crippen molar-refractivity contribution in [3.8, 4) is 0 Å². The van der Waals surface area contributed by atoms with Crippen molar-refractivity contribution in [3.05, 3.63) is 73.6 Å². The molecule has 0 aliphatic carbocycles. The molecule has 2 aromatic heterocycles. The summed E-state index contributed by atoms with van der Waals surface area (Å²) in [5.41, 5.74) is 2.00. The molecule has 0 aliphatic heterocycles. The summed E-state index contributed by atoms with van der Waals surface area (Å²) in [6.45, 7) is 0. The van der Waals surface area contributed by atoms with Crippen LogP contribution < -0.4 is 0 Å². The van der Waals surface area contributed by atoms with Gasteiger partial charge in [0.1, 0.15) is 12.7 Å². The highest BCUT2D eigenvalue weighted by molar-refractivity contribution is 5.85. The summed E-state index contributed by atoms with van der Waals surface area (Å²) in [5, 5.41) is 2.18. The maximum Gasteiger partial charge on any atom is 0.116 e. The number of rotatable bonds is 0. The summed E-state index contributed by atoms with van der Waals surface area (Å²) in [4.78, 5) is 15.9. The molecule has 0 atom stereocenters. The molecule has 25 heavy (non-hydrogen) atoms. The van der Waals surface area contributed by atoms with E-state index < -0.39 is 0 Å². The molecule has 0 saturated heterocycles. The Morgan fingerprint density at radius 3 is 1.24 bits per heavy atom. The molecule has 0 aliphatic rings. The monoisotopic (exact) mass is 386 g/mol. The third kappa shape index (κ3) is 7.34. The molecular weight excluding hydrogens is 367 g/mol. The van der Waals surface area contributed by atoms with Gasteiger partial charge in [0.2, 0.25) is 0 Å². The number of hydrogen-bond acceptors (Lipinski definition) is 4. The highest BCUT2D eigenvalue weighted by Crippen LogP contribution is 2.07. The standard InChI is InChI=1S/2C8H6N2.2ClH.3H2O/c2*1-2-4-8-7(3-1)5-9-6-10-8;;;;;/h2*1-6H;2*1H;3*1H2. The van der Waals surface area contributed by atoms with Crippen LogP contribution in [0.3, 0.4) is 0 Å². The normalized spacial score (nSPS) is 8.00. The Balaban J connectivity index is -0.000000323. The lowest BCUT2D eigenvalue weighted by molar-refractivity contribution is 0.823. The Morgan fingerprint density at radius 1 is 0.520 bits per heavy atom. The van der Waals surface area contributed by atoms with Crippen LogP contribution in [0.2, 0.25) is 0 Å². The van der Waals surface area contributed by atoms with Crippen LogP contribution in [0.15, 0.2) is 73.6 Å². The van der Waals surface area contributed by atoms with E-state index in [2.05, 4.69) is 19.9 Å². The van der Waals surface area contributed by atoms with Gasteiger partial charge in [0.25, 0.3) is 0 Å². The molecule has 4 aromatic rings. The van der Waals surface area contributed by atoms with Crippen LogP contribution in [0.4, 0.5) is 0 Å². The van der Waals surface area contributed by atoms with E-state index in [-0.39, 0.29) is 41.2 Å². The van der Waals surface area contributed by atoms with E-state index >= 15 is 0 Å². The summed E-state index contributed by atoms with van der Waals surface area (Å²) in [7, 11) is 0. The van der Waals surface area contributed by atoms with E-state index in [9.17, 15) is 0 Å². The fraction of sp³-hybridized carbons (Fsp3) is 0. The summed E-state index contributed by atoms with van der Waals surface area (Å²) in [6, 6.07) is 15.8. The summed E-state index contributed by atoms with van der Waals surface area (Å²) in [6.07, 6.45) is 6.73. The van der Waals surface area contributed by atoms with Gasteiger partial charge in [-0.05, 0) is 12.1 Å². The molecule has 0 spiro atoms. The first-order chi connectivity index (χ1) is 9.93. The molecule has 0 radical (unpaired) electrons. The van der Waals surface area contributed by atoms with Gasteiger partial charge in [-0.2, -0.15) is 0 Å². The Hall–Kier alpha value is -2.42. The second kappa shape index (κ2) is 14.0. The van der Waals surface area contributed by atoms with Gasteiger partial charge < -0.3 is 16.4 Å². The molecule has 2 heterocycles. The fourth-order valence-corrected chi connectivity index (χ4v) is 1.85. The Labute approximate surface area is 156 Å². The van der Waals surface area contributed by atoms with Gasteiger partial charge in [0.15, 0.2) is 0 Å². The molecule has 9 heteroatoms. The van der Waals surface area contributed by atoms with Crippen LogP contribution >= 0.6 is 24.8 Å². The number of halogens is 2. The van der Waals surface area contributed by atoms with Crippen molar-refractivity contribution in [1.82, 2.24) is 19.9 Å². The van der Waals surface area contributed by atoms with Gasteiger partial charge in [-0.15, -0.1) is 24.8 Å². The van der Waals surface area contributed by atoms with Gasteiger partial charge in [0.05, 0.1) is 11.0 Å². The quantitative estimate of drug-likeness (QED) is 0.451. The first-order valence-electron chi connectivity index (χ1n) is 6.23. The molecule has 0 saturated carbocycles. The zero-order valence-electron chi connectivity index (χ0n) is 13.0. The highest BCUT2D eigenvalue weighted by atomic mass is 35.5. The van der Waals surface area contributed by atoms with Gasteiger partial charge in [-0.3, -0.25) is 0 Å².